The number of hydrogen-bond donors (Lipinski definition) is 1. The third-order valence-corrected chi connectivity index (χ3v) is 6.99. The van der Waals surface area contributed by atoms with Gasteiger partial charge in [0.25, 0.3) is 5.56 Å². The quantitative estimate of drug-likeness (QED) is 0.473. The zero-order chi connectivity index (χ0) is 24.7. The number of H-pyrrole nitrogens is 1. The molecule has 0 saturated carbocycles. The van der Waals surface area contributed by atoms with Crippen molar-refractivity contribution >= 4 is 27.8 Å². The molecule has 1 aliphatic rings. The molecular weight excluding hydrogens is 447 g/mol. The first-order chi connectivity index (χ1) is 16.9. The van der Waals surface area contributed by atoms with E-state index in [1.165, 1.54) is 4.68 Å². The Balaban J connectivity index is 1.49. The molecule has 180 valence electrons. The molecule has 0 amide bonds. The Morgan fingerprint density at radius 3 is 2.77 bits per heavy atom. The first-order valence-electron chi connectivity index (χ1n) is 11.8. The maximum Gasteiger partial charge on any atom is 0.286 e. The summed E-state index contributed by atoms with van der Waals surface area (Å²) >= 11 is 0. The SMILES string of the molecule is CC[C@@H]1CN(c2c(F)c(=O)[nH]c3cn(CC#N)nc23)[C@@H](C)CN1C(C)c1ccc2nccnc2c1. The monoisotopic (exact) mass is 474 g/mol. The number of rotatable bonds is 5. The fourth-order valence-corrected chi connectivity index (χ4v) is 5.14. The van der Waals surface area contributed by atoms with Crippen molar-refractivity contribution in [3.63, 3.8) is 0 Å². The summed E-state index contributed by atoms with van der Waals surface area (Å²) in [4.78, 5) is 28.2. The van der Waals surface area contributed by atoms with Gasteiger partial charge in [0.2, 0.25) is 5.82 Å². The van der Waals surface area contributed by atoms with Crippen molar-refractivity contribution in [1.29, 1.82) is 5.26 Å². The summed E-state index contributed by atoms with van der Waals surface area (Å²) in [6.07, 6.45) is 5.82. The Morgan fingerprint density at radius 2 is 2.03 bits per heavy atom. The van der Waals surface area contributed by atoms with E-state index in [1.807, 2.05) is 24.0 Å². The molecule has 1 unspecified atom stereocenters. The number of hydrogen-bond acceptors (Lipinski definition) is 7. The third kappa shape index (κ3) is 4.02. The lowest BCUT2D eigenvalue weighted by Gasteiger charge is -2.48. The summed E-state index contributed by atoms with van der Waals surface area (Å²) in [5, 5.41) is 13.4. The number of aromatic nitrogens is 5. The van der Waals surface area contributed by atoms with Crippen LogP contribution in [0.5, 0.6) is 0 Å². The molecule has 4 heterocycles. The largest absolute Gasteiger partial charge is 0.362 e. The maximum absolute atomic E-state index is 15.3. The van der Waals surface area contributed by atoms with E-state index < -0.39 is 11.4 Å². The van der Waals surface area contributed by atoms with E-state index in [-0.39, 0.29) is 30.4 Å². The summed E-state index contributed by atoms with van der Waals surface area (Å²) < 4.78 is 16.7. The molecule has 1 N–H and O–H groups in total. The van der Waals surface area contributed by atoms with Crippen LogP contribution in [0.4, 0.5) is 10.1 Å². The van der Waals surface area contributed by atoms with Crippen LogP contribution in [0.25, 0.3) is 22.1 Å². The second-order valence-electron chi connectivity index (χ2n) is 9.10. The lowest BCUT2D eigenvalue weighted by atomic mass is 9.97. The lowest BCUT2D eigenvalue weighted by Crippen LogP contribution is -2.58. The van der Waals surface area contributed by atoms with Gasteiger partial charge in [0.05, 0.1) is 28.8 Å². The predicted molar refractivity (Wildman–Crippen MR) is 131 cm³/mol. The van der Waals surface area contributed by atoms with Gasteiger partial charge in [-0.25, -0.2) is 0 Å². The minimum absolute atomic E-state index is 0.0202. The number of nitriles is 1. The summed E-state index contributed by atoms with van der Waals surface area (Å²) in [6.45, 7) is 7.59. The molecule has 35 heavy (non-hydrogen) atoms. The van der Waals surface area contributed by atoms with E-state index in [9.17, 15) is 4.79 Å². The minimum atomic E-state index is -0.837. The first-order valence-corrected chi connectivity index (χ1v) is 11.8. The number of piperazine rings is 1. The maximum atomic E-state index is 15.3. The summed E-state index contributed by atoms with van der Waals surface area (Å²) in [5.41, 5.74) is 3.09. The van der Waals surface area contributed by atoms with Gasteiger partial charge in [-0.3, -0.25) is 24.3 Å². The van der Waals surface area contributed by atoms with Crippen molar-refractivity contribution in [3.05, 3.63) is 58.5 Å². The second kappa shape index (κ2) is 9.07. The topological polar surface area (TPSA) is 107 Å². The van der Waals surface area contributed by atoms with E-state index >= 15 is 4.39 Å². The molecule has 0 aliphatic carbocycles. The Morgan fingerprint density at radius 1 is 1.26 bits per heavy atom. The number of benzene rings is 1. The van der Waals surface area contributed by atoms with Gasteiger partial charge in [0.1, 0.15) is 17.7 Å². The summed E-state index contributed by atoms with van der Waals surface area (Å²) in [6, 6.07) is 8.38. The van der Waals surface area contributed by atoms with Crippen LogP contribution in [0.15, 0.2) is 41.6 Å². The Labute approximate surface area is 201 Å². The van der Waals surface area contributed by atoms with Crippen LogP contribution in [0.1, 0.15) is 38.8 Å². The molecular formula is C25H27FN8O. The molecule has 0 bridgehead atoms. The number of anilines is 1. The zero-order valence-corrected chi connectivity index (χ0v) is 19.9. The molecule has 10 heteroatoms. The zero-order valence-electron chi connectivity index (χ0n) is 19.9. The standard InChI is InChI=1S/C25H27FN8O/c1-4-18-13-33(24-22(26)25(35)30-21-14-32(10-7-27)31-23(21)24)15(2)12-34(18)16(3)17-5-6-19-20(11-17)29-9-8-28-19/h5-6,8-9,11,14-16,18H,4,10,12-13H2,1-3H3,(H,30,35)/t15-,16?,18+/m0/s1. The van der Waals surface area contributed by atoms with Crippen molar-refractivity contribution in [2.45, 2.75) is 51.9 Å². The number of pyridine rings is 1. The highest BCUT2D eigenvalue weighted by Crippen LogP contribution is 2.34. The van der Waals surface area contributed by atoms with Gasteiger partial charge < -0.3 is 9.88 Å². The van der Waals surface area contributed by atoms with Gasteiger partial charge in [0, 0.05) is 43.6 Å². The summed E-state index contributed by atoms with van der Waals surface area (Å²) in [5.74, 6) is -0.837. The van der Waals surface area contributed by atoms with E-state index in [1.54, 1.807) is 18.6 Å². The van der Waals surface area contributed by atoms with E-state index in [0.717, 1.165) is 23.0 Å². The molecule has 1 saturated heterocycles. The highest BCUT2D eigenvalue weighted by Gasteiger charge is 2.36. The van der Waals surface area contributed by atoms with Crippen LogP contribution in [0.2, 0.25) is 0 Å². The van der Waals surface area contributed by atoms with Crippen LogP contribution < -0.4 is 10.5 Å². The molecule has 3 atom stereocenters. The van der Waals surface area contributed by atoms with Crippen molar-refractivity contribution in [2.24, 2.45) is 0 Å². The number of nitrogens with zero attached hydrogens (tertiary/aromatic N) is 7. The minimum Gasteiger partial charge on any atom is -0.362 e. The van der Waals surface area contributed by atoms with Gasteiger partial charge in [-0.1, -0.05) is 13.0 Å². The average Bonchev–Trinajstić information content (AvgIpc) is 3.26. The lowest BCUT2D eigenvalue weighted by molar-refractivity contribution is 0.106. The van der Waals surface area contributed by atoms with Crippen molar-refractivity contribution in [1.82, 2.24) is 29.6 Å². The second-order valence-corrected chi connectivity index (χ2v) is 9.10. The molecule has 1 aromatic carbocycles. The fourth-order valence-electron chi connectivity index (χ4n) is 5.14. The highest BCUT2D eigenvalue weighted by atomic mass is 19.1. The number of halogens is 1. The first kappa shape index (κ1) is 22.9. The Hall–Kier alpha value is -3.84. The van der Waals surface area contributed by atoms with Crippen molar-refractivity contribution in [3.8, 4) is 6.07 Å². The Bertz CT molecular complexity index is 1490. The molecule has 1 fully saturated rings. The van der Waals surface area contributed by atoms with Gasteiger partial charge in [-0.05, 0) is 38.0 Å². The normalized spacial score (nSPS) is 19.8. The van der Waals surface area contributed by atoms with Crippen LogP contribution in [-0.2, 0) is 6.54 Å². The fraction of sp³-hybridized carbons (Fsp3) is 0.400. The predicted octanol–water partition coefficient (Wildman–Crippen LogP) is 3.38. The third-order valence-electron chi connectivity index (χ3n) is 6.99. The molecule has 0 spiro atoms. The average molecular weight is 475 g/mol. The number of fused-ring (bicyclic) bond motifs is 2. The van der Waals surface area contributed by atoms with E-state index in [2.05, 4.69) is 50.9 Å². The van der Waals surface area contributed by atoms with Gasteiger partial charge >= 0.3 is 0 Å². The van der Waals surface area contributed by atoms with Crippen LogP contribution in [-0.4, -0.2) is 54.8 Å². The molecule has 9 nitrogen and oxygen atoms in total. The smallest absolute Gasteiger partial charge is 0.286 e. The van der Waals surface area contributed by atoms with Crippen LogP contribution in [0.3, 0.4) is 0 Å². The molecule has 5 rings (SSSR count). The Kier molecular flexibility index (Phi) is 5.94. The van der Waals surface area contributed by atoms with Crippen LogP contribution in [0, 0.1) is 17.1 Å². The van der Waals surface area contributed by atoms with Gasteiger partial charge in [-0.2, -0.15) is 14.8 Å². The number of nitrogens with one attached hydrogen (secondary N) is 1. The molecule has 4 aromatic rings. The number of aromatic amines is 1. The van der Waals surface area contributed by atoms with E-state index in [0.29, 0.717) is 24.1 Å². The van der Waals surface area contributed by atoms with Gasteiger partial charge in [0.15, 0.2) is 0 Å². The van der Waals surface area contributed by atoms with Crippen molar-refractivity contribution in [2.75, 3.05) is 18.0 Å². The van der Waals surface area contributed by atoms with Crippen molar-refractivity contribution < 1.29 is 4.39 Å². The van der Waals surface area contributed by atoms with E-state index in [4.69, 9.17) is 5.26 Å². The van der Waals surface area contributed by atoms with Gasteiger partial charge in [-0.15, -0.1) is 0 Å². The highest BCUT2D eigenvalue weighted by molar-refractivity contribution is 5.88. The molecule has 0 radical (unpaired) electrons. The van der Waals surface area contributed by atoms with Crippen LogP contribution >= 0.6 is 0 Å². The molecule has 3 aromatic heterocycles. The molecule has 1 aliphatic heterocycles. The summed E-state index contributed by atoms with van der Waals surface area (Å²) in [7, 11) is 0.